The van der Waals surface area contributed by atoms with Gasteiger partial charge in [0.05, 0.1) is 26.2 Å². The molecule has 0 aliphatic carbocycles. The predicted octanol–water partition coefficient (Wildman–Crippen LogP) is -1.22. The topological polar surface area (TPSA) is 73.6 Å². The Morgan fingerprint density at radius 2 is 2.45 bits per heavy atom. The van der Waals surface area contributed by atoms with Gasteiger partial charge in [-0.3, -0.25) is 10.2 Å². The van der Waals surface area contributed by atoms with E-state index in [1.165, 1.54) is 0 Å². The highest BCUT2D eigenvalue weighted by Crippen LogP contribution is 2.04. The molecule has 0 aromatic carbocycles. The highest BCUT2D eigenvalue weighted by atomic mass is 16.6. The second-order valence-electron chi connectivity index (χ2n) is 2.35. The van der Waals surface area contributed by atoms with Gasteiger partial charge in [0.15, 0.2) is 0 Å². The molecular weight excluding hydrogens is 148 g/mol. The predicted molar refractivity (Wildman–Crippen MR) is 37.5 cm³/mol. The molecule has 0 radical (unpaired) electrons. The number of hydrazine groups is 1. The number of hydrogen-bond donors (Lipinski definition) is 2. The summed E-state index contributed by atoms with van der Waals surface area (Å²) in [4.78, 5) is 10.6. The Balaban J connectivity index is 1.90. The zero-order valence-electron chi connectivity index (χ0n) is 6.21. The van der Waals surface area contributed by atoms with Crippen LogP contribution in [0.15, 0.2) is 0 Å². The largest absolute Gasteiger partial charge is 0.376 e. The summed E-state index contributed by atoms with van der Waals surface area (Å²) in [6, 6.07) is 0. The van der Waals surface area contributed by atoms with E-state index >= 15 is 0 Å². The van der Waals surface area contributed by atoms with E-state index in [2.05, 4.69) is 0 Å². The van der Waals surface area contributed by atoms with Crippen molar-refractivity contribution in [2.45, 2.75) is 12.5 Å². The molecular formula is C6H12N2O3. The van der Waals surface area contributed by atoms with E-state index in [0.29, 0.717) is 26.2 Å². The molecule has 0 spiro atoms. The number of amides is 1. The van der Waals surface area contributed by atoms with Gasteiger partial charge in [0, 0.05) is 0 Å². The Morgan fingerprint density at radius 1 is 1.73 bits per heavy atom. The fourth-order valence-electron chi connectivity index (χ4n) is 0.701. The SMILES string of the molecule is NNC(=O)CCOC1COC1. The lowest BCUT2D eigenvalue weighted by atomic mass is 10.3. The van der Waals surface area contributed by atoms with E-state index in [1.807, 2.05) is 5.43 Å². The minimum absolute atomic E-state index is 0.181. The Hall–Kier alpha value is -0.650. The van der Waals surface area contributed by atoms with Gasteiger partial charge in [-0.05, 0) is 0 Å². The van der Waals surface area contributed by atoms with E-state index < -0.39 is 0 Å². The fraction of sp³-hybridized carbons (Fsp3) is 0.833. The molecule has 0 unspecified atom stereocenters. The van der Waals surface area contributed by atoms with Crippen LogP contribution in [0.1, 0.15) is 6.42 Å². The quantitative estimate of drug-likeness (QED) is 0.307. The summed E-state index contributed by atoms with van der Waals surface area (Å²) in [7, 11) is 0. The molecule has 5 nitrogen and oxygen atoms in total. The number of nitrogens with one attached hydrogen (secondary N) is 1. The van der Waals surface area contributed by atoms with Crippen molar-refractivity contribution >= 4 is 5.91 Å². The number of carbonyl (C=O) groups is 1. The number of ether oxygens (including phenoxy) is 2. The summed E-state index contributed by atoms with van der Waals surface area (Å²) >= 11 is 0. The Bertz CT molecular complexity index is 136. The molecule has 1 saturated heterocycles. The molecule has 0 aromatic heterocycles. The van der Waals surface area contributed by atoms with Crippen molar-refractivity contribution in [1.29, 1.82) is 0 Å². The van der Waals surface area contributed by atoms with Gasteiger partial charge in [-0.25, -0.2) is 5.84 Å². The van der Waals surface area contributed by atoms with Crippen molar-refractivity contribution < 1.29 is 14.3 Å². The lowest BCUT2D eigenvalue weighted by molar-refractivity contribution is -0.137. The summed E-state index contributed by atoms with van der Waals surface area (Å²) in [5, 5.41) is 0. The van der Waals surface area contributed by atoms with Crippen molar-refractivity contribution in [3.63, 3.8) is 0 Å². The Morgan fingerprint density at radius 3 is 2.91 bits per heavy atom. The average Bonchev–Trinajstić information content (AvgIpc) is 1.94. The Labute approximate surface area is 64.8 Å². The smallest absolute Gasteiger partial charge is 0.236 e. The van der Waals surface area contributed by atoms with Crippen molar-refractivity contribution in [2.24, 2.45) is 5.84 Å². The molecule has 5 heteroatoms. The van der Waals surface area contributed by atoms with Crippen LogP contribution in [0.4, 0.5) is 0 Å². The van der Waals surface area contributed by atoms with Crippen molar-refractivity contribution in [1.82, 2.24) is 5.43 Å². The van der Waals surface area contributed by atoms with Crippen LogP contribution >= 0.6 is 0 Å². The lowest BCUT2D eigenvalue weighted by Crippen LogP contribution is -2.37. The molecule has 1 rings (SSSR count). The maximum atomic E-state index is 10.6. The standard InChI is InChI=1S/C6H12N2O3/c7-8-6(9)1-2-11-5-3-10-4-5/h5H,1-4,7H2,(H,8,9). The van der Waals surface area contributed by atoms with E-state index in [4.69, 9.17) is 15.3 Å². The first kappa shape index (κ1) is 8.45. The van der Waals surface area contributed by atoms with E-state index in [1.54, 1.807) is 0 Å². The third kappa shape index (κ3) is 2.83. The van der Waals surface area contributed by atoms with Crippen LogP contribution in [0, 0.1) is 0 Å². The zero-order valence-corrected chi connectivity index (χ0v) is 6.21. The molecule has 1 amide bonds. The third-order valence-electron chi connectivity index (χ3n) is 1.45. The van der Waals surface area contributed by atoms with E-state index in [9.17, 15) is 4.79 Å². The zero-order chi connectivity index (χ0) is 8.10. The summed E-state index contributed by atoms with van der Waals surface area (Å²) in [6.07, 6.45) is 0.494. The monoisotopic (exact) mass is 160 g/mol. The maximum Gasteiger partial charge on any atom is 0.236 e. The highest BCUT2D eigenvalue weighted by molar-refractivity contribution is 5.75. The van der Waals surface area contributed by atoms with Crippen LogP contribution in [-0.2, 0) is 14.3 Å². The van der Waals surface area contributed by atoms with Crippen LogP contribution < -0.4 is 11.3 Å². The summed E-state index contributed by atoms with van der Waals surface area (Å²) in [6.45, 7) is 1.70. The number of nitrogens with two attached hydrogens (primary N) is 1. The van der Waals surface area contributed by atoms with Crippen molar-refractivity contribution in [3.8, 4) is 0 Å². The van der Waals surface area contributed by atoms with Crippen molar-refractivity contribution in [2.75, 3.05) is 19.8 Å². The van der Waals surface area contributed by atoms with Gasteiger partial charge in [-0.1, -0.05) is 0 Å². The van der Waals surface area contributed by atoms with Gasteiger partial charge in [0.1, 0.15) is 6.10 Å². The third-order valence-corrected chi connectivity index (χ3v) is 1.45. The van der Waals surface area contributed by atoms with Crippen LogP contribution in [-0.4, -0.2) is 31.8 Å². The fourth-order valence-corrected chi connectivity index (χ4v) is 0.701. The molecule has 1 heterocycles. The molecule has 0 atom stereocenters. The van der Waals surface area contributed by atoms with Gasteiger partial charge in [-0.2, -0.15) is 0 Å². The number of hydrogen-bond acceptors (Lipinski definition) is 4. The molecule has 0 saturated carbocycles. The number of carbonyl (C=O) groups excluding carboxylic acids is 1. The Kier molecular flexibility index (Phi) is 3.28. The second kappa shape index (κ2) is 4.27. The molecule has 0 bridgehead atoms. The first-order chi connectivity index (χ1) is 5.33. The van der Waals surface area contributed by atoms with Gasteiger partial charge >= 0.3 is 0 Å². The molecule has 1 fully saturated rings. The summed E-state index contributed by atoms with van der Waals surface area (Å²) in [5.74, 6) is 4.65. The molecule has 11 heavy (non-hydrogen) atoms. The van der Waals surface area contributed by atoms with Crippen molar-refractivity contribution in [3.05, 3.63) is 0 Å². The normalized spacial score (nSPS) is 17.5. The van der Waals surface area contributed by atoms with Gasteiger partial charge < -0.3 is 9.47 Å². The average molecular weight is 160 g/mol. The van der Waals surface area contributed by atoms with Gasteiger partial charge in [0.2, 0.25) is 5.91 Å². The van der Waals surface area contributed by atoms with Gasteiger partial charge in [-0.15, -0.1) is 0 Å². The molecule has 0 aromatic rings. The summed E-state index contributed by atoms with van der Waals surface area (Å²) in [5.41, 5.74) is 2.02. The first-order valence-corrected chi connectivity index (χ1v) is 3.51. The number of rotatable bonds is 4. The highest BCUT2D eigenvalue weighted by Gasteiger charge is 2.18. The van der Waals surface area contributed by atoms with E-state index in [-0.39, 0.29) is 12.0 Å². The molecule has 1 aliphatic rings. The second-order valence-corrected chi connectivity index (χ2v) is 2.35. The van der Waals surface area contributed by atoms with Crippen LogP contribution in [0.25, 0.3) is 0 Å². The minimum atomic E-state index is -0.203. The molecule has 1 aliphatic heterocycles. The van der Waals surface area contributed by atoms with Gasteiger partial charge in [0.25, 0.3) is 0 Å². The minimum Gasteiger partial charge on any atom is -0.376 e. The van der Waals surface area contributed by atoms with Crippen LogP contribution in [0.5, 0.6) is 0 Å². The summed E-state index contributed by atoms with van der Waals surface area (Å²) < 4.78 is 10.1. The maximum absolute atomic E-state index is 10.6. The van der Waals surface area contributed by atoms with Crippen LogP contribution in [0.3, 0.4) is 0 Å². The molecule has 3 N–H and O–H groups in total. The van der Waals surface area contributed by atoms with E-state index in [0.717, 1.165) is 0 Å². The van der Waals surface area contributed by atoms with Crippen LogP contribution in [0.2, 0.25) is 0 Å². The lowest BCUT2D eigenvalue weighted by Gasteiger charge is -2.25. The molecule has 64 valence electrons. The first-order valence-electron chi connectivity index (χ1n) is 3.51.